The van der Waals surface area contributed by atoms with Crippen molar-refractivity contribution in [1.82, 2.24) is 20.2 Å². The van der Waals surface area contributed by atoms with Gasteiger partial charge in [-0.25, -0.2) is 4.68 Å². The summed E-state index contributed by atoms with van der Waals surface area (Å²) < 4.78 is 7.30. The van der Waals surface area contributed by atoms with Crippen molar-refractivity contribution in [3.05, 3.63) is 54.9 Å². The second-order valence-corrected chi connectivity index (χ2v) is 5.99. The first-order valence-electron chi connectivity index (χ1n) is 8.30. The normalized spacial score (nSPS) is 15.6. The zero-order valence-corrected chi connectivity index (χ0v) is 14.4. The predicted molar refractivity (Wildman–Crippen MR) is 96.7 cm³/mol. The molecule has 1 aromatic heterocycles. The smallest absolute Gasteiger partial charge is 0.267 e. The lowest BCUT2D eigenvalue weighted by molar-refractivity contribution is -0.123. The second kappa shape index (κ2) is 6.87. The summed E-state index contributed by atoms with van der Waals surface area (Å²) in [6, 6.07) is 14.2. The van der Waals surface area contributed by atoms with E-state index >= 15 is 0 Å². The Bertz CT molecular complexity index is 971. The number of fused-ring (bicyclic) bond motifs is 1. The lowest BCUT2D eigenvalue weighted by Crippen LogP contribution is -2.48. The number of amides is 2. The number of benzene rings is 2. The number of anilines is 2. The fourth-order valence-electron chi connectivity index (χ4n) is 2.87. The molecule has 9 nitrogen and oxygen atoms in total. The van der Waals surface area contributed by atoms with Crippen LogP contribution in [0, 0.1) is 0 Å². The summed E-state index contributed by atoms with van der Waals surface area (Å²) in [6.07, 6.45) is 0.681. The number of nitrogens with one attached hydrogen (secondary N) is 1. The van der Waals surface area contributed by atoms with Gasteiger partial charge in [-0.15, -0.1) is 5.10 Å². The standard InChI is InChI=1S/C18H16N6O3/c1-12(25)23-10-17(27-16-5-3-2-4-15(16)23)18(26)20-13-6-8-14(9-7-13)24-11-19-21-22-24/h2-9,11,17H,10H2,1H3,(H,20,26). The average Bonchev–Trinajstić information content (AvgIpc) is 3.22. The molecule has 2 aromatic carbocycles. The molecule has 0 spiro atoms. The highest BCUT2D eigenvalue weighted by Gasteiger charge is 2.32. The van der Waals surface area contributed by atoms with Crippen LogP contribution in [0.5, 0.6) is 5.75 Å². The van der Waals surface area contributed by atoms with Gasteiger partial charge in [0, 0.05) is 12.6 Å². The first-order valence-corrected chi connectivity index (χ1v) is 8.30. The number of tetrazole rings is 1. The van der Waals surface area contributed by atoms with Crippen molar-refractivity contribution in [2.45, 2.75) is 13.0 Å². The summed E-state index contributed by atoms with van der Waals surface area (Å²) in [4.78, 5) is 26.2. The number of ether oxygens (including phenoxy) is 1. The molecule has 27 heavy (non-hydrogen) atoms. The van der Waals surface area contributed by atoms with Crippen LogP contribution in [0.1, 0.15) is 6.92 Å². The van der Waals surface area contributed by atoms with Crippen molar-refractivity contribution >= 4 is 23.2 Å². The third-order valence-corrected chi connectivity index (χ3v) is 4.19. The highest BCUT2D eigenvalue weighted by Crippen LogP contribution is 2.33. The molecule has 0 radical (unpaired) electrons. The van der Waals surface area contributed by atoms with E-state index in [4.69, 9.17) is 4.74 Å². The van der Waals surface area contributed by atoms with Gasteiger partial charge >= 0.3 is 0 Å². The van der Waals surface area contributed by atoms with E-state index in [9.17, 15) is 9.59 Å². The van der Waals surface area contributed by atoms with Gasteiger partial charge in [-0.3, -0.25) is 9.59 Å². The molecule has 1 aliphatic rings. The summed E-state index contributed by atoms with van der Waals surface area (Å²) >= 11 is 0. The molecule has 0 fully saturated rings. The van der Waals surface area contributed by atoms with Crippen molar-refractivity contribution in [1.29, 1.82) is 0 Å². The van der Waals surface area contributed by atoms with E-state index in [1.807, 2.05) is 6.07 Å². The Labute approximate surface area is 154 Å². The van der Waals surface area contributed by atoms with Gasteiger partial charge in [-0.05, 0) is 46.8 Å². The molecule has 136 valence electrons. The van der Waals surface area contributed by atoms with Gasteiger partial charge in [0.1, 0.15) is 12.1 Å². The molecule has 1 aliphatic heterocycles. The van der Waals surface area contributed by atoms with Gasteiger partial charge in [-0.2, -0.15) is 0 Å². The van der Waals surface area contributed by atoms with Gasteiger partial charge in [-0.1, -0.05) is 12.1 Å². The van der Waals surface area contributed by atoms with Crippen molar-refractivity contribution in [3.8, 4) is 11.4 Å². The lowest BCUT2D eigenvalue weighted by Gasteiger charge is -2.33. The van der Waals surface area contributed by atoms with Gasteiger partial charge in [0.15, 0.2) is 6.10 Å². The topological polar surface area (TPSA) is 102 Å². The predicted octanol–water partition coefficient (Wildman–Crippen LogP) is 1.41. The number of carbonyl (C=O) groups excluding carboxylic acids is 2. The third-order valence-electron chi connectivity index (χ3n) is 4.19. The molecule has 1 N–H and O–H groups in total. The third kappa shape index (κ3) is 3.34. The van der Waals surface area contributed by atoms with Gasteiger partial charge in [0.05, 0.1) is 17.9 Å². The molecule has 3 aromatic rings. The zero-order valence-electron chi connectivity index (χ0n) is 14.4. The minimum absolute atomic E-state index is 0.144. The maximum atomic E-state index is 12.6. The van der Waals surface area contributed by atoms with Crippen LogP contribution in [0.4, 0.5) is 11.4 Å². The molecule has 0 aliphatic carbocycles. The number of nitrogens with zero attached hydrogens (tertiary/aromatic N) is 5. The Hall–Kier alpha value is -3.75. The number of hydrogen-bond acceptors (Lipinski definition) is 6. The van der Waals surface area contributed by atoms with Crippen LogP contribution in [-0.2, 0) is 9.59 Å². The van der Waals surface area contributed by atoms with E-state index in [0.717, 1.165) is 5.69 Å². The second-order valence-electron chi connectivity index (χ2n) is 5.99. The van der Waals surface area contributed by atoms with E-state index in [1.54, 1.807) is 47.4 Å². The first-order chi connectivity index (χ1) is 13.1. The molecular formula is C18H16N6O3. The zero-order chi connectivity index (χ0) is 18.8. The maximum absolute atomic E-state index is 12.6. The quantitative estimate of drug-likeness (QED) is 0.754. The van der Waals surface area contributed by atoms with Gasteiger partial charge in [0.25, 0.3) is 5.91 Å². The minimum atomic E-state index is -0.803. The fourth-order valence-corrected chi connectivity index (χ4v) is 2.87. The lowest BCUT2D eigenvalue weighted by atomic mass is 10.1. The number of rotatable bonds is 3. The van der Waals surface area contributed by atoms with Crippen molar-refractivity contribution in [3.63, 3.8) is 0 Å². The number of hydrogen-bond donors (Lipinski definition) is 1. The summed E-state index contributed by atoms with van der Waals surface area (Å²) in [5, 5.41) is 13.8. The van der Waals surface area contributed by atoms with Crippen LogP contribution >= 0.6 is 0 Å². The number of aromatic nitrogens is 4. The van der Waals surface area contributed by atoms with Crippen LogP contribution < -0.4 is 15.0 Å². The monoisotopic (exact) mass is 364 g/mol. The van der Waals surface area contributed by atoms with Gasteiger partial charge < -0.3 is 15.0 Å². The summed E-state index contributed by atoms with van der Waals surface area (Å²) in [5.41, 5.74) is 2.04. The molecule has 1 atom stereocenters. The highest BCUT2D eigenvalue weighted by molar-refractivity contribution is 5.99. The van der Waals surface area contributed by atoms with Crippen molar-refractivity contribution in [2.24, 2.45) is 0 Å². The van der Waals surface area contributed by atoms with E-state index in [1.165, 1.54) is 17.9 Å². The van der Waals surface area contributed by atoms with Crippen molar-refractivity contribution < 1.29 is 14.3 Å². The molecule has 0 saturated heterocycles. The Morgan fingerprint density at radius 1 is 1.15 bits per heavy atom. The Morgan fingerprint density at radius 3 is 2.63 bits per heavy atom. The summed E-state index contributed by atoms with van der Waals surface area (Å²) in [5.74, 6) is 0.0356. The molecule has 1 unspecified atom stereocenters. The van der Waals surface area contributed by atoms with E-state index in [-0.39, 0.29) is 18.4 Å². The Kier molecular flexibility index (Phi) is 4.25. The molecule has 2 amide bonds. The highest BCUT2D eigenvalue weighted by atomic mass is 16.5. The van der Waals surface area contributed by atoms with Crippen LogP contribution in [0.2, 0.25) is 0 Å². The largest absolute Gasteiger partial charge is 0.476 e. The van der Waals surface area contributed by atoms with Crippen LogP contribution in [0.15, 0.2) is 54.9 Å². The van der Waals surface area contributed by atoms with Crippen LogP contribution in [0.3, 0.4) is 0 Å². The van der Waals surface area contributed by atoms with Crippen molar-refractivity contribution in [2.75, 3.05) is 16.8 Å². The molecular weight excluding hydrogens is 348 g/mol. The molecule has 2 heterocycles. The SMILES string of the molecule is CC(=O)N1CC(C(=O)Nc2ccc(-n3cnnn3)cc2)Oc2ccccc21. The van der Waals surface area contributed by atoms with E-state index in [2.05, 4.69) is 20.8 Å². The summed E-state index contributed by atoms with van der Waals surface area (Å²) in [6.45, 7) is 1.62. The van der Waals surface area contributed by atoms with Crippen LogP contribution in [-0.4, -0.2) is 44.7 Å². The number of carbonyl (C=O) groups is 2. The minimum Gasteiger partial charge on any atom is -0.476 e. The fraction of sp³-hybridized carbons (Fsp3) is 0.167. The van der Waals surface area contributed by atoms with Crippen LogP contribution in [0.25, 0.3) is 5.69 Å². The van der Waals surface area contributed by atoms with E-state index < -0.39 is 6.10 Å². The van der Waals surface area contributed by atoms with Gasteiger partial charge in [0.2, 0.25) is 5.91 Å². The maximum Gasteiger partial charge on any atom is 0.267 e. The molecule has 4 rings (SSSR count). The molecule has 0 saturated carbocycles. The Morgan fingerprint density at radius 2 is 1.93 bits per heavy atom. The summed E-state index contributed by atoms with van der Waals surface area (Å²) in [7, 11) is 0. The first kappa shape index (κ1) is 16.7. The number of para-hydroxylation sites is 2. The van der Waals surface area contributed by atoms with E-state index in [0.29, 0.717) is 17.1 Å². The molecule has 0 bridgehead atoms. The Balaban J connectivity index is 1.49. The molecule has 9 heteroatoms. The average molecular weight is 364 g/mol.